The maximum atomic E-state index is 5.13. The highest BCUT2D eigenvalue weighted by molar-refractivity contribution is 5.73. The molecule has 0 aromatic rings. The van der Waals surface area contributed by atoms with Crippen LogP contribution in [0.5, 0.6) is 0 Å². The largest absolute Gasteiger partial charge is 0.402 e. The van der Waals surface area contributed by atoms with Gasteiger partial charge in [0, 0.05) is 18.6 Å². The average molecular weight is 109 g/mol. The lowest BCUT2D eigenvalue weighted by atomic mass is 10.5. The first kappa shape index (κ1) is 4.90. The highest BCUT2D eigenvalue weighted by atomic mass is 15.0. The van der Waals surface area contributed by atoms with Crippen LogP contribution >= 0.6 is 0 Å². The van der Waals surface area contributed by atoms with Crippen LogP contribution in [0.1, 0.15) is 0 Å². The number of nitrogens with two attached hydrogens (primary N) is 1. The third-order valence-electron chi connectivity index (χ3n) is 0.785. The number of aliphatic imine (C=N–C) groups is 1. The van der Waals surface area contributed by atoms with Crippen LogP contribution in [-0.4, -0.2) is 6.21 Å². The minimum atomic E-state index is 0.688. The van der Waals surface area contributed by atoms with Crippen molar-refractivity contribution in [2.24, 2.45) is 10.7 Å². The second-order valence-electron chi connectivity index (χ2n) is 1.33. The van der Waals surface area contributed by atoms with E-state index in [4.69, 9.17) is 5.73 Å². The van der Waals surface area contributed by atoms with E-state index in [-0.39, 0.29) is 0 Å². The maximum Gasteiger partial charge on any atom is 0.145 e. The molecule has 0 bridgehead atoms. The second-order valence-corrected chi connectivity index (χ2v) is 1.33. The highest BCUT2D eigenvalue weighted by Crippen LogP contribution is 1.90. The summed E-state index contributed by atoms with van der Waals surface area (Å²) in [5.41, 5.74) is 5.13. The van der Waals surface area contributed by atoms with Gasteiger partial charge in [0.15, 0.2) is 0 Å². The van der Waals surface area contributed by atoms with Crippen LogP contribution in [0.3, 0.4) is 0 Å². The molecule has 0 radical (unpaired) electrons. The van der Waals surface area contributed by atoms with Gasteiger partial charge in [-0.25, -0.2) is 4.99 Å². The molecule has 1 aliphatic heterocycles. The fourth-order valence-electron chi connectivity index (χ4n) is 0.428. The number of nitrogens with one attached hydrogen (secondary N) is 1. The van der Waals surface area contributed by atoms with Crippen molar-refractivity contribution >= 4 is 6.21 Å². The molecule has 0 saturated heterocycles. The molecule has 3 heteroatoms. The summed E-state index contributed by atoms with van der Waals surface area (Å²) in [4.78, 5) is 3.86. The monoisotopic (exact) mass is 109 g/mol. The van der Waals surface area contributed by atoms with Gasteiger partial charge in [0.2, 0.25) is 0 Å². The number of allylic oxidation sites excluding steroid dienone is 1. The minimum absolute atomic E-state index is 0.688. The summed E-state index contributed by atoms with van der Waals surface area (Å²) in [6.07, 6.45) is 6.66. The SMILES string of the molecule is NC=C1N=CC=CN1. The van der Waals surface area contributed by atoms with E-state index in [9.17, 15) is 0 Å². The lowest BCUT2D eigenvalue weighted by Crippen LogP contribution is -2.07. The molecule has 0 atom stereocenters. The van der Waals surface area contributed by atoms with Crippen molar-refractivity contribution in [3.05, 3.63) is 24.3 Å². The van der Waals surface area contributed by atoms with Crippen LogP contribution in [0.2, 0.25) is 0 Å². The molecule has 0 saturated carbocycles. The molecule has 3 N–H and O–H groups in total. The Labute approximate surface area is 47.6 Å². The zero-order chi connectivity index (χ0) is 5.82. The molecule has 0 aromatic carbocycles. The number of hydrogen-bond donors (Lipinski definition) is 2. The molecule has 0 unspecified atom stereocenters. The van der Waals surface area contributed by atoms with Crippen molar-refractivity contribution in [2.75, 3.05) is 0 Å². The Hall–Kier alpha value is -1.25. The fourth-order valence-corrected chi connectivity index (χ4v) is 0.428. The van der Waals surface area contributed by atoms with E-state index in [0.717, 1.165) is 0 Å². The van der Waals surface area contributed by atoms with Gasteiger partial charge in [-0.1, -0.05) is 0 Å². The third kappa shape index (κ3) is 0.872. The molecule has 0 amide bonds. The Morgan fingerprint density at radius 3 is 3.00 bits per heavy atom. The lowest BCUT2D eigenvalue weighted by Gasteiger charge is -2.00. The summed E-state index contributed by atoms with van der Waals surface area (Å²) >= 11 is 0. The van der Waals surface area contributed by atoms with E-state index in [2.05, 4.69) is 10.3 Å². The van der Waals surface area contributed by atoms with E-state index in [1.165, 1.54) is 6.20 Å². The van der Waals surface area contributed by atoms with Gasteiger partial charge in [-0.15, -0.1) is 0 Å². The average Bonchev–Trinajstić information content (AvgIpc) is 1.90. The first-order chi connectivity index (χ1) is 3.93. The van der Waals surface area contributed by atoms with Crippen LogP contribution in [-0.2, 0) is 0 Å². The van der Waals surface area contributed by atoms with Crippen molar-refractivity contribution < 1.29 is 0 Å². The topological polar surface area (TPSA) is 50.4 Å². The molecule has 1 aliphatic rings. The Balaban J connectivity index is 2.66. The Morgan fingerprint density at radius 1 is 1.75 bits per heavy atom. The molecule has 42 valence electrons. The Kier molecular flexibility index (Phi) is 1.32. The number of nitrogens with zero attached hydrogens (tertiary/aromatic N) is 1. The van der Waals surface area contributed by atoms with Crippen LogP contribution in [0, 0.1) is 0 Å². The van der Waals surface area contributed by atoms with Crippen molar-refractivity contribution in [3.8, 4) is 0 Å². The smallest absolute Gasteiger partial charge is 0.145 e. The van der Waals surface area contributed by atoms with Gasteiger partial charge >= 0.3 is 0 Å². The minimum Gasteiger partial charge on any atom is -0.402 e. The van der Waals surface area contributed by atoms with Crippen LogP contribution in [0.15, 0.2) is 29.3 Å². The predicted octanol–water partition coefficient (Wildman–Crippen LogP) is -0.0683. The normalized spacial score (nSPS) is 21.2. The fraction of sp³-hybridized carbons (Fsp3) is 0. The predicted molar refractivity (Wildman–Crippen MR) is 33.0 cm³/mol. The van der Waals surface area contributed by atoms with E-state index in [1.807, 2.05) is 0 Å². The lowest BCUT2D eigenvalue weighted by molar-refractivity contribution is 1.01. The Morgan fingerprint density at radius 2 is 2.62 bits per heavy atom. The maximum absolute atomic E-state index is 5.13. The van der Waals surface area contributed by atoms with Crippen molar-refractivity contribution in [1.29, 1.82) is 0 Å². The van der Waals surface area contributed by atoms with Gasteiger partial charge < -0.3 is 11.1 Å². The molecule has 0 aromatic heterocycles. The van der Waals surface area contributed by atoms with E-state index < -0.39 is 0 Å². The van der Waals surface area contributed by atoms with Crippen LogP contribution in [0.4, 0.5) is 0 Å². The summed E-state index contributed by atoms with van der Waals surface area (Å²) < 4.78 is 0. The first-order valence-electron chi connectivity index (χ1n) is 2.31. The van der Waals surface area contributed by atoms with Crippen LogP contribution < -0.4 is 11.1 Å². The summed E-state index contributed by atoms with van der Waals surface area (Å²) in [7, 11) is 0. The quantitative estimate of drug-likeness (QED) is 0.457. The molecular weight excluding hydrogens is 102 g/mol. The molecule has 0 spiro atoms. The van der Waals surface area contributed by atoms with Gasteiger partial charge in [0.1, 0.15) is 5.82 Å². The van der Waals surface area contributed by atoms with Gasteiger partial charge in [-0.05, 0) is 6.08 Å². The summed E-state index contributed by atoms with van der Waals surface area (Å²) in [6, 6.07) is 0. The number of rotatable bonds is 0. The zero-order valence-electron chi connectivity index (χ0n) is 4.33. The molecule has 1 heterocycles. The molecule has 8 heavy (non-hydrogen) atoms. The van der Waals surface area contributed by atoms with Gasteiger partial charge in [0.25, 0.3) is 0 Å². The van der Waals surface area contributed by atoms with Crippen molar-refractivity contribution in [3.63, 3.8) is 0 Å². The molecular formula is C5H7N3. The summed E-state index contributed by atoms with van der Waals surface area (Å²) in [5, 5.41) is 2.83. The summed E-state index contributed by atoms with van der Waals surface area (Å²) in [6.45, 7) is 0. The van der Waals surface area contributed by atoms with E-state index >= 15 is 0 Å². The molecule has 0 fully saturated rings. The van der Waals surface area contributed by atoms with Crippen molar-refractivity contribution in [1.82, 2.24) is 5.32 Å². The van der Waals surface area contributed by atoms with Gasteiger partial charge in [0.05, 0.1) is 0 Å². The molecule has 1 rings (SSSR count). The summed E-state index contributed by atoms with van der Waals surface area (Å²) in [5.74, 6) is 0.688. The zero-order valence-corrected chi connectivity index (χ0v) is 4.33. The van der Waals surface area contributed by atoms with E-state index in [0.29, 0.717) is 5.82 Å². The third-order valence-corrected chi connectivity index (χ3v) is 0.785. The highest BCUT2D eigenvalue weighted by Gasteiger charge is 1.87. The molecule has 0 aliphatic carbocycles. The van der Waals surface area contributed by atoms with Gasteiger partial charge in [-0.2, -0.15) is 0 Å². The standard InChI is InChI=1S/C5H7N3/c6-4-5-7-2-1-3-8-5/h1-4,7H,6H2. The van der Waals surface area contributed by atoms with E-state index in [1.54, 1.807) is 18.5 Å². The van der Waals surface area contributed by atoms with Crippen molar-refractivity contribution in [2.45, 2.75) is 0 Å². The number of hydrogen-bond acceptors (Lipinski definition) is 3. The Bertz CT molecular complexity index is 155. The van der Waals surface area contributed by atoms with Gasteiger partial charge in [-0.3, -0.25) is 0 Å². The second kappa shape index (κ2) is 2.16. The van der Waals surface area contributed by atoms with Crippen LogP contribution in [0.25, 0.3) is 0 Å². The molecule has 3 nitrogen and oxygen atoms in total. The first-order valence-corrected chi connectivity index (χ1v) is 2.31.